The van der Waals surface area contributed by atoms with Crippen molar-refractivity contribution in [2.75, 3.05) is 10.8 Å². The van der Waals surface area contributed by atoms with Crippen molar-refractivity contribution in [3.63, 3.8) is 0 Å². The summed E-state index contributed by atoms with van der Waals surface area (Å²) in [6.07, 6.45) is 0. The molecule has 1 aliphatic rings. The van der Waals surface area contributed by atoms with Gasteiger partial charge in [0.2, 0.25) is 11.2 Å². The maximum Gasteiger partial charge on any atom is 0.253 e. The molecule has 1 amide bonds. The molecule has 1 aliphatic heterocycles. The van der Waals surface area contributed by atoms with Gasteiger partial charge in [0.05, 0.1) is 5.69 Å². The number of aromatic hydroxyl groups is 1. The van der Waals surface area contributed by atoms with Crippen LogP contribution in [0.15, 0.2) is 18.2 Å². The van der Waals surface area contributed by atoms with Crippen LogP contribution in [0.3, 0.4) is 0 Å². The molecule has 0 radical (unpaired) electrons. The Labute approximate surface area is 89.4 Å². The number of carbonyl (C=O) groups is 1. The lowest BCUT2D eigenvalue weighted by Crippen LogP contribution is -2.22. The van der Waals surface area contributed by atoms with Gasteiger partial charge in [-0.15, -0.1) is 0 Å². The number of nitrogens with zero attached hydrogens (tertiary/aromatic N) is 1. The SMILES string of the molecule is Cc1ccc(O)c(N2CC(=O)NS2=O)c1. The molecular formula is C9H10N2O3S. The standard InChI is InChI=1S/C9H10N2O3S/c1-6-2-3-8(12)7(4-6)11-5-9(13)10-15(11)14/h2-4,12H,5H2,1H3,(H,10,13). The van der Waals surface area contributed by atoms with Gasteiger partial charge < -0.3 is 5.11 Å². The predicted octanol–water partition coefficient (Wildman–Crippen LogP) is 0.216. The number of phenols is 1. The zero-order chi connectivity index (χ0) is 11.0. The van der Waals surface area contributed by atoms with Gasteiger partial charge in [-0.3, -0.25) is 13.8 Å². The number of carbonyl (C=O) groups excluding carboxylic acids is 1. The molecule has 0 spiro atoms. The zero-order valence-electron chi connectivity index (χ0n) is 8.06. The highest BCUT2D eigenvalue weighted by molar-refractivity contribution is 7.85. The van der Waals surface area contributed by atoms with Crippen LogP contribution in [-0.4, -0.2) is 21.8 Å². The first-order chi connectivity index (χ1) is 7.08. The largest absolute Gasteiger partial charge is 0.506 e. The van der Waals surface area contributed by atoms with Crippen molar-refractivity contribution in [3.05, 3.63) is 23.8 Å². The van der Waals surface area contributed by atoms with Gasteiger partial charge in [0.25, 0.3) is 5.91 Å². The average molecular weight is 226 g/mol. The Morgan fingerprint density at radius 3 is 2.87 bits per heavy atom. The molecule has 80 valence electrons. The number of amides is 1. The van der Waals surface area contributed by atoms with Crippen LogP contribution in [0.2, 0.25) is 0 Å². The van der Waals surface area contributed by atoms with E-state index in [2.05, 4.69) is 4.72 Å². The molecule has 1 atom stereocenters. The van der Waals surface area contributed by atoms with E-state index in [1.54, 1.807) is 12.1 Å². The second-order valence-electron chi connectivity index (χ2n) is 3.30. The Balaban J connectivity index is 2.41. The number of aryl methyl sites for hydroxylation is 1. The summed E-state index contributed by atoms with van der Waals surface area (Å²) in [6, 6.07) is 4.95. The molecule has 0 aliphatic carbocycles. The van der Waals surface area contributed by atoms with Crippen molar-refractivity contribution in [2.45, 2.75) is 6.92 Å². The molecular weight excluding hydrogens is 216 g/mol. The third-order valence-corrected chi connectivity index (χ3v) is 3.22. The van der Waals surface area contributed by atoms with Crippen molar-refractivity contribution in [2.24, 2.45) is 0 Å². The van der Waals surface area contributed by atoms with Crippen molar-refractivity contribution in [1.29, 1.82) is 0 Å². The summed E-state index contributed by atoms with van der Waals surface area (Å²) in [7, 11) is 0. The van der Waals surface area contributed by atoms with E-state index in [0.717, 1.165) is 5.56 Å². The van der Waals surface area contributed by atoms with E-state index in [0.29, 0.717) is 5.69 Å². The molecule has 6 heteroatoms. The number of hydrogen-bond donors (Lipinski definition) is 2. The van der Waals surface area contributed by atoms with Crippen LogP contribution >= 0.6 is 0 Å². The molecule has 1 aromatic rings. The topological polar surface area (TPSA) is 69.6 Å². The summed E-state index contributed by atoms with van der Waals surface area (Å²) in [5.74, 6) is -0.292. The Morgan fingerprint density at radius 1 is 1.53 bits per heavy atom. The van der Waals surface area contributed by atoms with Crippen LogP contribution in [0.4, 0.5) is 5.69 Å². The fraction of sp³-hybridized carbons (Fsp3) is 0.222. The van der Waals surface area contributed by atoms with Crippen LogP contribution in [0.5, 0.6) is 5.75 Å². The molecule has 0 bridgehead atoms. The number of nitrogens with one attached hydrogen (secondary N) is 1. The molecule has 5 nitrogen and oxygen atoms in total. The van der Waals surface area contributed by atoms with Gasteiger partial charge in [-0.05, 0) is 24.6 Å². The first-order valence-electron chi connectivity index (χ1n) is 4.36. The Morgan fingerprint density at radius 2 is 2.27 bits per heavy atom. The number of rotatable bonds is 1. The number of benzene rings is 1. The van der Waals surface area contributed by atoms with Gasteiger partial charge in [-0.25, -0.2) is 4.21 Å². The zero-order valence-corrected chi connectivity index (χ0v) is 8.87. The van der Waals surface area contributed by atoms with Gasteiger partial charge in [0.15, 0.2) is 0 Å². The second kappa shape index (κ2) is 3.54. The number of phenolic OH excluding ortho intramolecular Hbond substituents is 1. The highest BCUT2D eigenvalue weighted by atomic mass is 32.2. The maximum atomic E-state index is 11.4. The van der Waals surface area contributed by atoms with Crippen molar-refractivity contribution >= 4 is 22.8 Å². The molecule has 1 unspecified atom stereocenters. The summed E-state index contributed by atoms with van der Waals surface area (Å²) in [6.45, 7) is 1.86. The Kier molecular flexibility index (Phi) is 2.36. The first kappa shape index (κ1) is 9.97. The van der Waals surface area contributed by atoms with Crippen molar-refractivity contribution < 1.29 is 14.1 Å². The van der Waals surface area contributed by atoms with E-state index in [1.165, 1.54) is 10.4 Å². The highest BCUT2D eigenvalue weighted by Gasteiger charge is 2.28. The summed E-state index contributed by atoms with van der Waals surface area (Å²) in [5.41, 5.74) is 1.34. The average Bonchev–Trinajstić information content (AvgIpc) is 2.50. The minimum atomic E-state index is -1.59. The maximum absolute atomic E-state index is 11.4. The molecule has 2 N–H and O–H groups in total. The van der Waals surface area contributed by atoms with Crippen molar-refractivity contribution in [3.8, 4) is 5.75 Å². The fourth-order valence-corrected chi connectivity index (χ4v) is 2.31. The third kappa shape index (κ3) is 1.80. The summed E-state index contributed by atoms with van der Waals surface area (Å²) in [5, 5.41) is 9.58. The molecule has 2 rings (SSSR count). The second-order valence-corrected chi connectivity index (χ2v) is 4.45. The van der Waals surface area contributed by atoms with E-state index in [-0.39, 0.29) is 18.2 Å². The van der Waals surface area contributed by atoms with Gasteiger partial charge in [0, 0.05) is 0 Å². The fourth-order valence-electron chi connectivity index (χ4n) is 1.38. The van der Waals surface area contributed by atoms with Gasteiger partial charge in [0.1, 0.15) is 12.3 Å². The molecule has 0 saturated carbocycles. The summed E-state index contributed by atoms with van der Waals surface area (Å²) in [4.78, 5) is 11.0. The Bertz CT molecular complexity index is 447. The summed E-state index contributed by atoms with van der Waals surface area (Å²) >= 11 is -1.59. The normalized spacial score (nSPS) is 20.5. The molecule has 15 heavy (non-hydrogen) atoms. The van der Waals surface area contributed by atoms with E-state index in [4.69, 9.17) is 0 Å². The van der Waals surface area contributed by atoms with Crippen LogP contribution in [-0.2, 0) is 16.0 Å². The Hall–Kier alpha value is -1.56. The lowest BCUT2D eigenvalue weighted by Gasteiger charge is -2.15. The number of hydrogen-bond acceptors (Lipinski definition) is 3. The van der Waals surface area contributed by atoms with Crippen LogP contribution in [0, 0.1) is 6.92 Å². The summed E-state index contributed by atoms with van der Waals surface area (Å²) < 4.78 is 15.0. The minimum absolute atomic E-state index is 0.00360. The van der Waals surface area contributed by atoms with Gasteiger partial charge in [-0.1, -0.05) is 6.07 Å². The lowest BCUT2D eigenvalue weighted by molar-refractivity contribution is -0.117. The predicted molar refractivity (Wildman–Crippen MR) is 56.5 cm³/mol. The van der Waals surface area contributed by atoms with Crippen LogP contribution in [0.1, 0.15) is 5.56 Å². The molecule has 1 saturated heterocycles. The lowest BCUT2D eigenvalue weighted by atomic mass is 10.2. The molecule has 0 aromatic heterocycles. The highest BCUT2D eigenvalue weighted by Crippen LogP contribution is 2.29. The molecule has 1 fully saturated rings. The van der Waals surface area contributed by atoms with E-state index >= 15 is 0 Å². The van der Waals surface area contributed by atoms with Crippen molar-refractivity contribution in [1.82, 2.24) is 4.72 Å². The van der Waals surface area contributed by atoms with Crippen LogP contribution in [0.25, 0.3) is 0 Å². The number of anilines is 1. The first-order valence-corrected chi connectivity index (χ1v) is 5.47. The molecule has 1 aromatic carbocycles. The van der Waals surface area contributed by atoms with Crippen LogP contribution < -0.4 is 9.03 Å². The third-order valence-electron chi connectivity index (χ3n) is 2.09. The van der Waals surface area contributed by atoms with Gasteiger partial charge >= 0.3 is 0 Å². The smallest absolute Gasteiger partial charge is 0.253 e. The quantitative estimate of drug-likeness (QED) is 0.719. The van der Waals surface area contributed by atoms with E-state index in [9.17, 15) is 14.1 Å². The van der Waals surface area contributed by atoms with E-state index < -0.39 is 11.2 Å². The van der Waals surface area contributed by atoms with E-state index in [1.807, 2.05) is 6.92 Å². The molecule has 1 heterocycles. The minimum Gasteiger partial charge on any atom is -0.506 e. The van der Waals surface area contributed by atoms with Gasteiger partial charge in [-0.2, -0.15) is 0 Å². The monoisotopic (exact) mass is 226 g/mol.